The second-order valence-corrected chi connectivity index (χ2v) is 8.67. The van der Waals surface area contributed by atoms with Crippen molar-refractivity contribution in [3.8, 4) is 0 Å². The molecule has 0 aromatic heterocycles. The molecular formula is C16H27IN2O3. The first-order valence-electron chi connectivity index (χ1n) is 7.90. The summed E-state index contributed by atoms with van der Waals surface area (Å²) >= 11 is 2.26. The molecule has 0 aromatic carbocycles. The van der Waals surface area contributed by atoms with Crippen LogP contribution in [0, 0.1) is 11.3 Å². The van der Waals surface area contributed by atoms with E-state index < -0.39 is 11.1 Å². The highest BCUT2D eigenvalue weighted by Crippen LogP contribution is 2.39. The number of alkyl halides is 1. The first-order chi connectivity index (χ1) is 10.0. The van der Waals surface area contributed by atoms with E-state index in [9.17, 15) is 9.59 Å². The number of likely N-dealkylation sites (tertiary alicyclic amines) is 1. The molecule has 22 heavy (non-hydrogen) atoms. The van der Waals surface area contributed by atoms with Crippen molar-refractivity contribution in [2.24, 2.45) is 11.3 Å². The van der Waals surface area contributed by atoms with E-state index in [4.69, 9.17) is 4.74 Å². The third-order valence-corrected chi connectivity index (χ3v) is 5.80. The summed E-state index contributed by atoms with van der Waals surface area (Å²) < 4.78 is 6.59. The van der Waals surface area contributed by atoms with E-state index in [0.717, 1.165) is 10.8 Å². The van der Waals surface area contributed by atoms with Crippen molar-refractivity contribution in [3.63, 3.8) is 0 Å². The number of carbonyl (C=O) groups is 2. The Kier molecular flexibility index (Phi) is 4.84. The zero-order valence-corrected chi connectivity index (χ0v) is 16.5. The van der Waals surface area contributed by atoms with Crippen LogP contribution in [-0.2, 0) is 9.53 Å². The number of carbonyl (C=O) groups excluding carboxylic acids is 2. The van der Waals surface area contributed by atoms with Gasteiger partial charge >= 0.3 is 6.03 Å². The van der Waals surface area contributed by atoms with Crippen molar-refractivity contribution in [3.05, 3.63) is 0 Å². The molecule has 0 bridgehead atoms. The number of halogens is 1. The SMILES string of the molecule is CC(C)[C@H]1COC(C)(C)N1C(=O)N1C(=O)C(C)(C)C[C@@H]1CI. The van der Waals surface area contributed by atoms with Crippen LogP contribution < -0.4 is 0 Å². The van der Waals surface area contributed by atoms with Crippen molar-refractivity contribution in [1.82, 2.24) is 9.80 Å². The highest BCUT2D eigenvalue weighted by atomic mass is 127. The second kappa shape index (κ2) is 5.92. The molecule has 2 fully saturated rings. The number of hydrogen-bond acceptors (Lipinski definition) is 3. The summed E-state index contributed by atoms with van der Waals surface area (Å²) in [5, 5.41) is 0. The van der Waals surface area contributed by atoms with Gasteiger partial charge in [-0.15, -0.1) is 0 Å². The molecule has 126 valence electrons. The zero-order chi connectivity index (χ0) is 16.9. The van der Waals surface area contributed by atoms with Crippen LogP contribution in [0.2, 0.25) is 0 Å². The molecule has 2 atom stereocenters. The second-order valence-electron chi connectivity index (χ2n) is 7.79. The lowest BCUT2D eigenvalue weighted by Crippen LogP contribution is -2.57. The van der Waals surface area contributed by atoms with Crippen LogP contribution in [0.25, 0.3) is 0 Å². The Bertz CT molecular complexity index is 476. The quantitative estimate of drug-likeness (QED) is 0.507. The van der Waals surface area contributed by atoms with E-state index in [1.807, 2.05) is 27.7 Å². The molecule has 2 aliphatic rings. The van der Waals surface area contributed by atoms with Crippen molar-refractivity contribution in [1.29, 1.82) is 0 Å². The van der Waals surface area contributed by atoms with Crippen molar-refractivity contribution < 1.29 is 14.3 Å². The smallest absolute Gasteiger partial charge is 0.329 e. The molecule has 0 N–H and O–H groups in total. The topological polar surface area (TPSA) is 49.9 Å². The van der Waals surface area contributed by atoms with Crippen molar-refractivity contribution >= 4 is 34.5 Å². The Morgan fingerprint density at radius 2 is 1.95 bits per heavy atom. The van der Waals surface area contributed by atoms with E-state index in [1.54, 1.807) is 4.90 Å². The molecule has 2 saturated heterocycles. The number of urea groups is 1. The summed E-state index contributed by atoms with van der Waals surface area (Å²) in [4.78, 5) is 29.2. The zero-order valence-electron chi connectivity index (χ0n) is 14.4. The van der Waals surface area contributed by atoms with Crippen LogP contribution in [0.4, 0.5) is 4.79 Å². The van der Waals surface area contributed by atoms with Gasteiger partial charge in [-0.1, -0.05) is 50.3 Å². The molecule has 6 heteroatoms. The number of imide groups is 1. The Morgan fingerprint density at radius 1 is 1.36 bits per heavy atom. The fourth-order valence-electron chi connectivity index (χ4n) is 3.44. The number of hydrogen-bond donors (Lipinski definition) is 0. The Hall–Kier alpha value is -0.370. The molecule has 0 saturated carbocycles. The minimum absolute atomic E-state index is 0.00822. The Labute approximate surface area is 146 Å². The summed E-state index contributed by atoms with van der Waals surface area (Å²) in [6.07, 6.45) is 0.724. The van der Waals surface area contributed by atoms with Crippen molar-refractivity contribution in [2.75, 3.05) is 11.0 Å². The Balaban J connectivity index is 2.34. The van der Waals surface area contributed by atoms with Crippen LogP contribution in [-0.4, -0.2) is 50.6 Å². The van der Waals surface area contributed by atoms with Crippen LogP contribution in [0.15, 0.2) is 0 Å². The number of amides is 3. The molecule has 0 aromatic rings. The molecule has 5 nitrogen and oxygen atoms in total. The predicted molar refractivity (Wildman–Crippen MR) is 93.8 cm³/mol. The highest BCUT2D eigenvalue weighted by Gasteiger charge is 2.53. The summed E-state index contributed by atoms with van der Waals surface area (Å²) in [6.45, 7) is 12.3. The van der Waals surface area contributed by atoms with Crippen LogP contribution in [0.3, 0.4) is 0 Å². The van der Waals surface area contributed by atoms with Gasteiger partial charge in [0.05, 0.1) is 18.7 Å². The normalized spacial score (nSPS) is 30.5. The largest absolute Gasteiger partial charge is 0.354 e. The maximum Gasteiger partial charge on any atom is 0.329 e. The van der Waals surface area contributed by atoms with E-state index in [0.29, 0.717) is 6.61 Å². The third kappa shape index (κ3) is 2.88. The van der Waals surface area contributed by atoms with Crippen molar-refractivity contribution in [2.45, 2.75) is 65.8 Å². The standard InChI is InChI=1S/C16H27IN2O3/c1-10(2)12-9-22-16(5,6)19(12)14(21)18-11(8-17)7-15(3,4)13(18)20/h10-12H,7-9H2,1-6H3/t11-,12-/m1/s1. The first kappa shape index (κ1) is 18.0. The van der Waals surface area contributed by atoms with E-state index in [-0.39, 0.29) is 29.9 Å². The first-order valence-corrected chi connectivity index (χ1v) is 9.42. The molecule has 3 amide bonds. The van der Waals surface area contributed by atoms with Crippen LogP contribution in [0.5, 0.6) is 0 Å². The number of nitrogens with zero attached hydrogens (tertiary/aromatic N) is 2. The van der Waals surface area contributed by atoms with E-state index >= 15 is 0 Å². The van der Waals surface area contributed by atoms with Gasteiger partial charge in [0.1, 0.15) is 5.72 Å². The molecule has 0 unspecified atom stereocenters. The average Bonchev–Trinajstić information content (AvgIpc) is 2.83. The monoisotopic (exact) mass is 422 g/mol. The van der Waals surface area contributed by atoms with E-state index in [1.165, 1.54) is 4.90 Å². The van der Waals surface area contributed by atoms with Gasteiger partial charge in [0, 0.05) is 9.84 Å². The number of rotatable bonds is 2. The van der Waals surface area contributed by atoms with Gasteiger partial charge in [-0.05, 0) is 26.2 Å². The molecule has 2 rings (SSSR count). The van der Waals surface area contributed by atoms with Gasteiger partial charge in [-0.2, -0.15) is 0 Å². The summed E-state index contributed by atoms with van der Waals surface area (Å²) in [5.74, 6) is 0.221. The summed E-state index contributed by atoms with van der Waals surface area (Å²) in [7, 11) is 0. The van der Waals surface area contributed by atoms with Crippen LogP contribution >= 0.6 is 22.6 Å². The predicted octanol–water partition coefficient (Wildman–Crippen LogP) is 3.26. The van der Waals surface area contributed by atoms with Gasteiger partial charge in [-0.25, -0.2) is 4.79 Å². The van der Waals surface area contributed by atoms with Gasteiger partial charge in [-0.3, -0.25) is 14.6 Å². The maximum absolute atomic E-state index is 13.2. The average molecular weight is 422 g/mol. The fraction of sp³-hybridized carbons (Fsp3) is 0.875. The lowest BCUT2D eigenvalue weighted by molar-refractivity contribution is -0.133. The van der Waals surface area contributed by atoms with Gasteiger partial charge < -0.3 is 4.74 Å². The maximum atomic E-state index is 13.2. The van der Waals surface area contributed by atoms with E-state index in [2.05, 4.69) is 36.4 Å². The number of ether oxygens (including phenoxy) is 1. The molecule has 0 aliphatic carbocycles. The molecule has 2 aliphatic heterocycles. The van der Waals surface area contributed by atoms with Crippen LogP contribution in [0.1, 0.15) is 48.0 Å². The summed E-state index contributed by atoms with van der Waals surface area (Å²) in [5.41, 5.74) is -1.14. The lowest BCUT2D eigenvalue weighted by Gasteiger charge is -2.38. The van der Waals surface area contributed by atoms with Gasteiger partial charge in [0.2, 0.25) is 5.91 Å². The molecular weight excluding hydrogens is 395 g/mol. The third-order valence-electron chi connectivity index (χ3n) is 4.79. The molecule has 2 heterocycles. The Morgan fingerprint density at radius 3 is 2.45 bits per heavy atom. The van der Waals surface area contributed by atoms with Gasteiger partial charge in [0.25, 0.3) is 0 Å². The minimum atomic E-state index is -0.672. The minimum Gasteiger partial charge on any atom is -0.354 e. The molecule has 0 spiro atoms. The summed E-state index contributed by atoms with van der Waals surface area (Å²) in [6, 6.07) is -0.216. The fourth-order valence-corrected chi connectivity index (χ4v) is 4.14. The highest BCUT2D eigenvalue weighted by molar-refractivity contribution is 14.1. The van der Waals surface area contributed by atoms with Gasteiger partial charge in [0.15, 0.2) is 0 Å². The lowest BCUT2D eigenvalue weighted by atomic mass is 9.90. The molecule has 0 radical (unpaired) electrons.